The number of hydrogen-bond acceptors (Lipinski definition) is 4. The van der Waals surface area contributed by atoms with Gasteiger partial charge >= 0.3 is 0 Å². The molecule has 0 saturated carbocycles. The van der Waals surface area contributed by atoms with E-state index in [-0.39, 0.29) is 11.6 Å². The van der Waals surface area contributed by atoms with Crippen molar-refractivity contribution in [3.63, 3.8) is 0 Å². The number of nitrogens with zero attached hydrogens (tertiary/aromatic N) is 2. The minimum atomic E-state index is -0.465. The molecule has 0 heterocycles. The Balaban J connectivity index is 3.24. The van der Waals surface area contributed by atoms with E-state index >= 15 is 0 Å². The molecule has 1 aromatic carbocycles. The SMILES string of the molecule is CCNc1c(C(=O)N(CC)CC(C)C)cccc1[N+](=O)[O-]. The summed E-state index contributed by atoms with van der Waals surface area (Å²) in [6.45, 7) is 9.54. The van der Waals surface area contributed by atoms with Gasteiger partial charge in [-0.15, -0.1) is 0 Å². The smallest absolute Gasteiger partial charge is 0.293 e. The first-order chi connectivity index (χ1) is 9.92. The summed E-state index contributed by atoms with van der Waals surface area (Å²) in [4.78, 5) is 25.0. The topological polar surface area (TPSA) is 75.5 Å². The third kappa shape index (κ3) is 4.18. The molecule has 116 valence electrons. The maximum atomic E-state index is 12.6. The molecule has 0 aromatic heterocycles. The van der Waals surface area contributed by atoms with Crippen LogP contribution in [0.25, 0.3) is 0 Å². The molecular weight excluding hydrogens is 270 g/mol. The maximum Gasteiger partial charge on any atom is 0.293 e. The van der Waals surface area contributed by atoms with Crippen LogP contribution in [0.2, 0.25) is 0 Å². The van der Waals surface area contributed by atoms with Crippen LogP contribution in [0.5, 0.6) is 0 Å². The van der Waals surface area contributed by atoms with Crippen molar-refractivity contribution >= 4 is 17.3 Å². The Labute approximate surface area is 125 Å². The Morgan fingerprint density at radius 2 is 2.05 bits per heavy atom. The molecule has 0 radical (unpaired) electrons. The summed E-state index contributed by atoms with van der Waals surface area (Å²) >= 11 is 0. The molecule has 0 unspecified atom stereocenters. The van der Waals surface area contributed by atoms with Gasteiger partial charge in [0, 0.05) is 25.7 Å². The second-order valence-corrected chi connectivity index (χ2v) is 5.22. The molecule has 0 bridgehead atoms. The van der Waals surface area contributed by atoms with Crippen LogP contribution in [-0.2, 0) is 0 Å². The fraction of sp³-hybridized carbons (Fsp3) is 0.533. The number of hydrogen-bond donors (Lipinski definition) is 1. The van der Waals surface area contributed by atoms with E-state index in [1.807, 2.05) is 27.7 Å². The van der Waals surface area contributed by atoms with Gasteiger partial charge < -0.3 is 10.2 Å². The lowest BCUT2D eigenvalue weighted by atomic mass is 10.1. The van der Waals surface area contributed by atoms with Gasteiger partial charge in [-0.25, -0.2) is 0 Å². The average molecular weight is 293 g/mol. The monoisotopic (exact) mass is 293 g/mol. The van der Waals surface area contributed by atoms with Crippen molar-refractivity contribution in [1.29, 1.82) is 0 Å². The fourth-order valence-electron chi connectivity index (χ4n) is 2.20. The van der Waals surface area contributed by atoms with Crippen LogP contribution in [0.1, 0.15) is 38.1 Å². The third-order valence-electron chi connectivity index (χ3n) is 3.08. The van der Waals surface area contributed by atoms with Crippen LogP contribution < -0.4 is 5.32 Å². The molecule has 0 saturated heterocycles. The first-order valence-electron chi connectivity index (χ1n) is 7.22. The largest absolute Gasteiger partial charge is 0.379 e. The molecule has 0 spiro atoms. The van der Waals surface area contributed by atoms with Crippen LogP contribution in [0.4, 0.5) is 11.4 Å². The molecule has 0 atom stereocenters. The highest BCUT2D eigenvalue weighted by atomic mass is 16.6. The average Bonchev–Trinajstić information content (AvgIpc) is 2.44. The number of nitrogens with one attached hydrogen (secondary N) is 1. The summed E-state index contributed by atoms with van der Waals surface area (Å²) < 4.78 is 0. The minimum Gasteiger partial charge on any atom is -0.379 e. The second kappa shape index (κ2) is 7.61. The predicted octanol–water partition coefficient (Wildman–Crippen LogP) is 3.14. The predicted molar refractivity (Wildman–Crippen MR) is 83.7 cm³/mol. The summed E-state index contributed by atoms with van der Waals surface area (Å²) in [6, 6.07) is 4.60. The highest BCUT2D eigenvalue weighted by molar-refractivity contribution is 6.01. The number of benzene rings is 1. The highest BCUT2D eigenvalue weighted by Crippen LogP contribution is 2.29. The van der Waals surface area contributed by atoms with Gasteiger partial charge in [-0.1, -0.05) is 19.9 Å². The van der Waals surface area contributed by atoms with Crippen molar-refractivity contribution < 1.29 is 9.72 Å². The lowest BCUT2D eigenvalue weighted by Crippen LogP contribution is -2.34. The van der Waals surface area contributed by atoms with E-state index in [2.05, 4.69) is 5.32 Å². The van der Waals surface area contributed by atoms with Gasteiger partial charge in [0.2, 0.25) is 0 Å². The molecule has 1 rings (SSSR count). The van der Waals surface area contributed by atoms with Crippen molar-refractivity contribution in [3.05, 3.63) is 33.9 Å². The van der Waals surface area contributed by atoms with Crippen LogP contribution >= 0.6 is 0 Å². The number of anilines is 1. The van der Waals surface area contributed by atoms with Gasteiger partial charge in [-0.3, -0.25) is 14.9 Å². The summed E-state index contributed by atoms with van der Waals surface area (Å²) in [5.74, 6) is 0.168. The van der Waals surface area contributed by atoms with Crippen LogP contribution in [0.3, 0.4) is 0 Å². The van der Waals surface area contributed by atoms with Gasteiger partial charge in [-0.2, -0.15) is 0 Å². The minimum absolute atomic E-state index is 0.0664. The van der Waals surface area contributed by atoms with Gasteiger partial charge in [0.1, 0.15) is 5.69 Å². The van der Waals surface area contributed by atoms with Crippen molar-refractivity contribution in [3.8, 4) is 0 Å². The Kier molecular flexibility index (Phi) is 6.14. The molecular formula is C15H23N3O3. The second-order valence-electron chi connectivity index (χ2n) is 5.22. The Morgan fingerprint density at radius 3 is 2.52 bits per heavy atom. The van der Waals surface area contributed by atoms with Crippen molar-refractivity contribution in [2.75, 3.05) is 25.0 Å². The number of carbonyl (C=O) groups is 1. The van der Waals surface area contributed by atoms with E-state index in [1.165, 1.54) is 6.07 Å². The summed E-state index contributed by atoms with van der Waals surface area (Å²) in [7, 11) is 0. The van der Waals surface area contributed by atoms with E-state index in [0.29, 0.717) is 36.8 Å². The van der Waals surface area contributed by atoms with Crippen molar-refractivity contribution in [1.82, 2.24) is 4.90 Å². The molecule has 0 aliphatic heterocycles. The van der Waals surface area contributed by atoms with Gasteiger partial charge in [0.25, 0.3) is 11.6 Å². The van der Waals surface area contributed by atoms with E-state index < -0.39 is 4.92 Å². The zero-order valence-corrected chi connectivity index (χ0v) is 13.0. The van der Waals surface area contributed by atoms with Gasteiger partial charge in [-0.05, 0) is 25.8 Å². The Bertz CT molecular complexity index is 515. The van der Waals surface area contributed by atoms with Crippen LogP contribution in [0, 0.1) is 16.0 Å². The molecule has 0 fully saturated rings. The zero-order valence-electron chi connectivity index (χ0n) is 13.0. The summed E-state index contributed by atoms with van der Waals surface area (Å²) in [5, 5.41) is 14.1. The first kappa shape index (κ1) is 16.9. The fourth-order valence-corrected chi connectivity index (χ4v) is 2.20. The van der Waals surface area contributed by atoms with Crippen molar-refractivity contribution in [2.45, 2.75) is 27.7 Å². The van der Waals surface area contributed by atoms with Gasteiger partial charge in [0.15, 0.2) is 0 Å². The quantitative estimate of drug-likeness (QED) is 0.619. The van der Waals surface area contributed by atoms with Crippen LogP contribution in [-0.4, -0.2) is 35.4 Å². The first-order valence-corrected chi connectivity index (χ1v) is 7.22. The van der Waals surface area contributed by atoms with Crippen LogP contribution in [0.15, 0.2) is 18.2 Å². The molecule has 1 amide bonds. The third-order valence-corrected chi connectivity index (χ3v) is 3.08. The lowest BCUT2D eigenvalue weighted by Gasteiger charge is -2.24. The lowest BCUT2D eigenvalue weighted by molar-refractivity contribution is -0.384. The summed E-state index contributed by atoms with van der Waals surface area (Å²) in [5.41, 5.74) is 0.592. The Morgan fingerprint density at radius 1 is 1.38 bits per heavy atom. The Hall–Kier alpha value is -2.11. The molecule has 21 heavy (non-hydrogen) atoms. The molecule has 1 aromatic rings. The number of nitro benzene ring substituents is 1. The number of nitro groups is 1. The van der Waals surface area contributed by atoms with E-state index in [9.17, 15) is 14.9 Å². The zero-order chi connectivity index (χ0) is 16.0. The highest BCUT2D eigenvalue weighted by Gasteiger charge is 2.24. The molecule has 0 aliphatic carbocycles. The normalized spacial score (nSPS) is 10.5. The standard InChI is InChI=1S/C15H23N3O3/c1-5-16-14-12(8-7-9-13(14)18(20)21)15(19)17(6-2)10-11(3)4/h7-9,11,16H,5-6,10H2,1-4H3. The van der Waals surface area contributed by atoms with E-state index in [4.69, 9.17) is 0 Å². The van der Waals surface area contributed by atoms with E-state index in [0.717, 1.165) is 0 Å². The number of carbonyl (C=O) groups excluding carboxylic acids is 1. The number of rotatable bonds is 7. The molecule has 0 aliphatic rings. The van der Waals surface area contributed by atoms with E-state index in [1.54, 1.807) is 17.0 Å². The number of amides is 1. The summed E-state index contributed by atoms with van der Waals surface area (Å²) in [6.07, 6.45) is 0. The molecule has 6 heteroatoms. The van der Waals surface area contributed by atoms with Gasteiger partial charge in [0.05, 0.1) is 10.5 Å². The van der Waals surface area contributed by atoms with Crippen molar-refractivity contribution in [2.24, 2.45) is 5.92 Å². The molecule has 6 nitrogen and oxygen atoms in total. The maximum absolute atomic E-state index is 12.6. The number of para-hydroxylation sites is 1. The molecule has 1 N–H and O–H groups in total.